The van der Waals surface area contributed by atoms with Gasteiger partial charge in [-0.15, -0.1) is 0 Å². The first kappa shape index (κ1) is 21.9. The van der Waals surface area contributed by atoms with Crippen molar-refractivity contribution in [3.05, 3.63) is 90.6 Å². The Balaban J connectivity index is 1.27. The number of hydrogen-bond acceptors (Lipinski definition) is 4. The van der Waals surface area contributed by atoms with Crippen molar-refractivity contribution in [3.8, 4) is 33.6 Å². The van der Waals surface area contributed by atoms with E-state index >= 15 is 0 Å². The van der Waals surface area contributed by atoms with Crippen molar-refractivity contribution in [1.82, 2.24) is 30.0 Å². The van der Waals surface area contributed by atoms with Crippen molar-refractivity contribution in [2.75, 3.05) is 13.1 Å². The molecule has 1 aliphatic heterocycles. The van der Waals surface area contributed by atoms with Crippen LogP contribution in [-0.2, 0) is 6.54 Å². The predicted molar refractivity (Wildman–Crippen MR) is 144 cm³/mol. The van der Waals surface area contributed by atoms with Crippen LogP contribution < -0.4 is 0 Å². The first-order chi connectivity index (χ1) is 18.2. The van der Waals surface area contributed by atoms with Gasteiger partial charge in [-0.2, -0.15) is 5.10 Å². The lowest BCUT2D eigenvalue weighted by Crippen LogP contribution is -2.18. The number of halogens is 1. The minimum atomic E-state index is -0.251. The van der Waals surface area contributed by atoms with Gasteiger partial charge >= 0.3 is 0 Å². The average molecular weight is 489 g/mol. The van der Waals surface area contributed by atoms with Crippen LogP contribution in [-0.4, -0.2) is 43.1 Å². The summed E-state index contributed by atoms with van der Waals surface area (Å²) in [5.74, 6) is -0.251. The van der Waals surface area contributed by atoms with Crippen LogP contribution in [0.1, 0.15) is 18.4 Å². The fourth-order valence-corrected chi connectivity index (χ4v) is 5.37. The normalized spacial score (nSPS) is 14.2. The molecule has 1 saturated heterocycles. The molecule has 1 aliphatic rings. The molecule has 0 saturated carbocycles. The highest BCUT2D eigenvalue weighted by atomic mass is 19.1. The Hall–Kier alpha value is -4.36. The van der Waals surface area contributed by atoms with E-state index in [2.05, 4.69) is 60.4 Å². The van der Waals surface area contributed by atoms with E-state index < -0.39 is 0 Å². The van der Waals surface area contributed by atoms with Gasteiger partial charge in [0, 0.05) is 41.5 Å². The Labute approximate surface area is 213 Å². The van der Waals surface area contributed by atoms with Gasteiger partial charge in [0.25, 0.3) is 0 Å². The van der Waals surface area contributed by atoms with Gasteiger partial charge in [0.2, 0.25) is 0 Å². The Morgan fingerprint density at radius 1 is 0.838 bits per heavy atom. The summed E-state index contributed by atoms with van der Waals surface area (Å²) in [6, 6.07) is 19.2. The maximum absolute atomic E-state index is 13.5. The molecule has 7 rings (SSSR count). The van der Waals surface area contributed by atoms with Gasteiger partial charge in [0.1, 0.15) is 17.2 Å². The van der Waals surface area contributed by atoms with Gasteiger partial charge in [-0.25, -0.2) is 9.37 Å². The number of nitrogens with zero attached hydrogens (tertiary/aromatic N) is 4. The molecule has 0 radical (unpaired) electrons. The molecule has 0 spiro atoms. The molecule has 0 bridgehead atoms. The average Bonchev–Trinajstić information content (AvgIpc) is 3.68. The van der Waals surface area contributed by atoms with Crippen LogP contribution >= 0.6 is 0 Å². The summed E-state index contributed by atoms with van der Waals surface area (Å²) in [5, 5.41) is 9.80. The van der Waals surface area contributed by atoms with Gasteiger partial charge in [-0.3, -0.25) is 15.0 Å². The number of pyridine rings is 2. The second-order valence-corrected chi connectivity index (χ2v) is 9.71. The largest absolute Gasteiger partial charge is 0.338 e. The molecule has 6 nitrogen and oxygen atoms in total. The van der Waals surface area contributed by atoms with Crippen LogP contribution in [0.2, 0.25) is 0 Å². The topological polar surface area (TPSA) is 73.5 Å². The highest BCUT2D eigenvalue weighted by molar-refractivity contribution is 6.00. The summed E-state index contributed by atoms with van der Waals surface area (Å²) >= 11 is 0. The predicted octanol–water partition coefficient (Wildman–Crippen LogP) is 6.57. The zero-order valence-electron chi connectivity index (χ0n) is 20.2. The van der Waals surface area contributed by atoms with E-state index in [0.29, 0.717) is 0 Å². The van der Waals surface area contributed by atoms with Crippen molar-refractivity contribution >= 4 is 21.9 Å². The minimum Gasteiger partial charge on any atom is -0.338 e. The zero-order valence-corrected chi connectivity index (χ0v) is 20.2. The van der Waals surface area contributed by atoms with E-state index in [1.807, 2.05) is 18.5 Å². The van der Waals surface area contributed by atoms with Gasteiger partial charge in [0.15, 0.2) is 0 Å². The molecule has 6 aromatic rings. The summed E-state index contributed by atoms with van der Waals surface area (Å²) in [6.07, 6.45) is 8.23. The third-order valence-corrected chi connectivity index (χ3v) is 7.24. The quantitative estimate of drug-likeness (QED) is 0.288. The number of fused-ring (bicyclic) bond motifs is 2. The van der Waals surface area contributed by atoms with E-state index in [1.165, 1.54) is 30.5 Å². The summed E-state index contributed by atoms with van der Waals surface area (Å²) in [4.78, 5) is 15.0. The van der Waals surface area contributed by atoms with Gasteiger partial charge < -0.3 is 4.98 Å². The second kappa shape index (κ2) is 8.94. The highest BCUT2D eigenvalue weighted by Crippen LogP contribution is 2.34. The number of H-pyrrole nitrogens is 2. The molecular weight excluding hydrogens is 463 g/mol. The molecule has 4 aromatic heterocycles. The fraction of sp³-hybridized carbons (Fsp3) is 0.167. The number of aromatic amines is 2. The first-order valence-corrected chi connectivity index (χ1v) is 12.6. The van der Waals surface area contributed by atoms with Crippen LogP contribution in [0.25, 0.3) is 55.6 Å². The molecular formula is C30H25FN6. The lowest BCUT2D eigenvalue weighted by Gasteiger charge is -2.14. The zero-order chi connectivity index (χ0) is 24.8. The Kier molecular flexibility index (Phi) is 5.29. The number of benzene rings is 2. The van der Waals surface area contributed by atoms with Crippen molar-refractivity contribution in [3.63, 3.8) is 0 Å². The van der Waals surface area contributed by atoms with Crippen LogP contribution in [0, 0.1) is 5.82 Å². The van der Waals surface area contributed by atoms with Crippen LogP contribution in [0.3, 0.4) is 0 Å². The molecule has 2 N–H and O–H groups in total. The number of nitrogens with one attached hydrogen (secondary N) is 2. The lowest BCUT2D eigenvalue weighted by molar-refractivity contribution is 0.331. The number of aromatic nitrogens is 5. The molecule has 5 heterocycles. The summed E-state index contributed by atoms with van der Waals surface area (Å²) in [5.41, 5.74) is 8.82. The fourth-order valence-electron chi connectivity index (χ4n) is 5.37. The molecule has 37 heavy (non-hydrogen) atoms. The number of hydrogen-bond donors (Lipinski definition) is 2. The third kappa shape index (κ3) is 4.07. The maximum atomic E-state index is 13.5. The van der Waals surface area contributed by atoms with Crippen molar-refractivity contribution in [2.45, 2.75) is 19.4 Å². The molecule has 0 atom stereocenters. The molecule has 1 fully saturated rings. The highest BCUT2D eigenvalue weighted by Gasteiger charge is 2.16. The van der Waals surface area contributed by atoms with Crippen LogP contribution in [0.5, 0.6) is 0 Å². The molecule has 0 aliphatic carbocycles. The van der Waals surface area contributed by atoms with Gasteiger partial charge in [0.05, 0.1) is 11.2 Å². The molecule has 2 aromatic carbocycles. The van der Waals surface area contributed by atoms with Gasteiger partial charge in [-0.1, -0.05) is 18.2 Å². The monoisotopic (exact) mass is 488 g/mol. The molecule has 182 valence electrons. The van der Waals surface area contributed by atoms with Crippen molar-refractivity contribution in [1.29, 1.82) is 0 Å². The van der Waals surface area contributed by atoms with Crippen molar-refractivity contribution < 1.29 is 4.39 Å². The van der Waals surface area contributed by atoms with Crippen LogP contribution in [0.15, 0.2) is 79.3 Å². The standard InChI is InChI=1S/C30H25FN6/c31-23-6-3-20(4-7-23)24-9-10-33-30-25(24)15-28(34-30)29-26-14-21(5-8-27(26)35-36-29)22-13-19(16-32-17-22)18-37-11-1-2-12-37/h3-10,13-17H,1-2,11-12,18H2,(H,33,34)(H,35,36). The first-order valence-electron chi connectivity index (χ1n) is 12.6. The minimum absolute atomic E-state index is 0.251. The van der Waals surface area contributed by atoms with E-state index in [0.717, 1.165) is 75.2 Å². The SMILES string of the molecule is Fc1ccc(-c2ccnc3[nH]c(-c4n[nH]c5ccc(-c6cncc(CN7CCCC7)c6)cc45)cc23)cc1. The third-order valence-electron chi connectivity index (χ3n) is 7.24. The van der Waals surface area contributed by atoms with Gasteiger partial charge in [-0.05, 0) is 90.6 Å². The Morgan fingerprint density at radius 2 is 1.68 bits per heavy atom. The number of likely N-dealkylation sites (tertiary alicyclic amines) is 1. The summed E-state index contributed by atoms with van der Waals surface area (Å²) in [6.45, 7) is 3.27. The van der Waals surface area contributed by atoms with Crippen molar-refractivity contribution in [2.24, 2.45) is 0 Å². The van der Waals surface area contributed by atoms with E-state index in [4.69, 9.17) is 0 Å². The Bertz CT molecular complexity index is 1730. The summed E-state index contributed by atoms with van der Waals surface area (Å²) < 4.78 is 13.5. The number of rotatable bonds is 5. The van der Waals surface area contributed by atoms with E-state index in [-0.39, 0.29) is 5.82 Å². The molecule has 7 heteroatoms. The lowest BCUT2D eigenvalue weighted by atomic mass is 10.0. The second-order valence-electron chi connectivity index (χ2n) is 9.71. The van der Waals surface area contributed by atoms with E-state index in [9.17, 15) is 4.39 Å². The Morgan fingerprint density at radius 3 is 2.54 bits per heavy atom. The molecule has 0 unspecified atom stereocenters. The maximum Gasteiger partial charge on any atom is 0.138 e. The van der Waals surface area contributed by atoms with E-state index in [1.54, 1.807) is 18.3 Å². The summed E-state index contributed by atoms with van der Waals surface area (Å²) in [7, 11) is 0. The smallest absolute Gasteiger partial charge is 0.138 e. The molecule has 0 amide bonds. The van der Waals surface area contributed by atoms with Crippen LogP contribution in [0.4, 0.5) is 4.39 Å².